The van der Waals surface area contributed by atoms with Crippen LogP contribution >= 0.6 is 23.1 Å². The Morgan fingerprint density at radius 3 is 2.79 bits per heavy atom. The topological polar surface area (TPSA) is 97.0 Å². The van der Waals surface area contributed by atoms with Gasteiger partial charge < -0.3 is 10.1 Å². The zero-order valence-corrected chi connectivity index (χ0v) is 21.4. The molecule has 0 spiro atoms. The molecule has 0 saturated carbocycles. The second-order valence-corrected chi connectivity index (χ2v) is 11.9. The van der Waals surface area contributed by atoms with Gasteiger partial charge in [0.1, 0.15) is 10.4 Å². The van der Waals surface area contributed by atoms with Crippen molar-refractivity contribution in [3.63, 3.8) is 0 Å². The summed E-state index contributed by atoms with van der Waals surface area (Å²) < 4.78 is 7.55. The van der Waals surface area contributed by atoms with Crippen molar-refractivity contribution in [1.82, 2.24) is 14.9 Å². The second-order valence-electron chi connectivity index (χ2n) is 9.55. The molecular weight excluding hydrogens is 456 g/mol. The number of aromatic nitrogens is 2. The molecule has 2 aromatic rings. The second kappa shape index (κ2) is 9.77. The Balaban J connectivity index is 1.68. The highest BCUT2D eigenvalue weighted by molar-refractivity contribution is 8.00. The summed E-state index contributed by atoms with van der Waals surface area (Å²) in [5.74, 6) is -0.269. The first-order valence-corrected chi connectivity index (χ1v) is 13.5. The molecule has 3 heterocycles. The average molecular weight is 489 g/mol. The third-order valence-electron chi connectivity index (χ3n) is 6.87. The van der Waals surface area contributed by atoms with Crippen molar-refractivity contribution in [3.05, 3.63) is 20.8 Å². The standard InChI is InChI=1S/C24H32N4O3S2/c1-14(2)24(4,13-25)27-20(29)15(3)32-23-26-21-19(17-9-5-6-10-18(17)33-21)22(30)28(23)12-16-8-7-11-31-16/h14-16H,5-12H2,1-4H3,(H,27,29). The SMILES string of the molecule is CC(Sc1nc2sc3c(c2c(=O)n1CC1CCCO1)CCCC3)C(=O)NC(C)(C#N)C(C)C. The first-order chi connectivity index (χ1) is 15.7. The van der Waals surface area contributed by atoms with Gasteiger partial charge in [0, 0.05) is 11.5 Å². The predicted molar refractivity (Wildman–Crippen MR) is 132 cm³/mol. The van der Waals surface area contributed by atoms with Crippen LogP contribution in [0.25, 0.3) is 10.2 Å². The lowest BCUT2D eigenvalue weighted by atomic mass is 9.90. The quantitative estimate of drug-likeness (QED) is 0.466. The molecule has 1 N–H and O–H groups in total. The number of rotatable bonds is 7. The van der Waals surface area contributed by atoms with Gasteiger partial charge in [0.05, 0.1) is 29.4 Å². The molecule has 4 rings (SSSR count). The summed E-state index contributed by atoms with van der Waals surface area (Å²) >= 11 is 2.90. The molecule has 2 aliphatic rings. The van der Waals surface area contributed by atoms with E-state index in [-0.39, 0.29) is 23.5 Å². The van der Waals surface area contributed by atoms with Gasteiger partial charge in [-0.25, -0.2) is 4.98 Å². The molecule has 9 heteroatoms. The number of thioether (sulfide) groups is 1. The largest absolute Gasteiger partial charge is 0.376 e. The highest BCUT2D eigenvalue weighted by atomic mass is 32.2. The fourth-order valence-electron chi connectivity index (χ4n) is 4.33. The highest BCUT2D eigenvalue weighted by Crippen LogP contribution is 2.35. The summed E-state index contributed by atoms with van der Waals surface area (Å²) in [6.45, 7) is 8.52. The van der Waals surface area contributed by atoms with Crippen LogP contribution in [0, 0.1) is 17.2 Å². The highest BCUT2D eigenvalue weighted by Gasteiger charge is 2.33. The van der Waals surface area contributed by atoms with Crippen LogP contribution in [0.15, 0.2) is 9.95 Å². The van der Waals surface area contributed by atoms with Crippen molar-refractivity contribution < 1.29 is 9.53 Å². The van der Waals surface area contributed by atoms with Crippen LogP contribution in [0.2, 0.25) is 0 Å². The van der Waals surface area contributed by atoms with E-state index in [1.54, 1.807) is 29.8 Å². The van der Waals surface area contributed by atoms with Crippen LogP contribution in [0.4, 0.5) is 0 Å². The van der Waals surface area contributed by atoms with Crippen LogP contribution in [-0.4, -0.2) is 39.0 Å². The molecule has 178 valence electrons. The van der Waals surface area contributed by atoms with Gasteiger partial charge in [-0.2, -0.15) is 5.26 Å². The molecule has 0 aromatic carbocycles. The normalized spacial score (nSPS) is 20.9. The van der Waals surface area contributed by atoms with E-state index in [0.717, 1.165) is 48.7 Å². The Hall–Kier alpha value is -1.89. The van der Waals surface area contributed by atoms with E-state index in [9.17, 15) is 14.9 Å². The molecule has 1 aliphatic heterocycles. The van der Waals surface area contributed by atoms with Gasteiger partial charge in [0.15, 0.2) is 5.16 Å². The molecular formula is C24H32N4O3S2. The summed E-state index contributed by atoms with van der Waals surface area (Å²) in [7, 11) is 0. The van der Waals surface area contributed by atoms with Gasteiger partial charge in [-0.1, -0.05) is 25.6 Å². The number of hydrogen-bond acceptors (Lipinski definition) is 7. The minimum absolute atomic E-state index is 0.0114. The Bertz CT molecular complexity index is 1140. The monoisotopic (exact) mass is 488 g/mol. The van der Waals surface area contributed by atoms with Crippen LogP contribution in [0.5, 0.6) is 0 Å². The van der Waals surface area contributed by atoms with Crippen molar-refractivity contribution in [2.45, 2.75) is 94.8 Å². The number of carbonyl (C=O) groups is 1. The number of carbonyl (C=O) groups excluding carboxylic acids is 1. The number of aryl methyl sites for hydroxylation is 2. The predicted octanol–water partition coefficient (Wildman–Crippen LogP) is 4.05. The van der Waals surface area contributed by atoms with Gasteiger partial charge in [-0.05, 0) is 63.9 Å². The first-order valence-electron chi connectivity index (χ1n) is 11.8. The molecule has 7 nitrogen and oxygen atoms in total. The molecule has 3 atom stereocenters. The number of nitrogens with zero attached hydrogens (tertiary/aromatic N) is 3. The van der Waals surface area contributed by atoms with E-state index < -0.39 is 10.8 Å². The van der Waals surface area contributed by atoms with Crippen molar-refractivity contribution in [1.29, 1.82) is 5.26 Å². The number of hydrogen-bond donors (Lipinski definition) is 1. The minimum atomic E-state index is -0.951. The maximum Gasteiger partial charge on any atom is 0.263 e. The number of amides is 1. The Labute approximate surface area is 202 Å². The van der Waals surface area contributed by atoms with Gasteiger partial charge in [-0.15, -0.1) is 11.3 Å². The number of thiophene rings is 1. The van der Waals surface area contributed by atoms with E-state index in [1.807, 2.05) is 13.8 Å². The lowest BCUT2D eigenvalue weighted by Gasteiger charge is -2.28. The van der Waals surface area contributed by atoms with Crippen molar-refractivity contribution >= 4 is 39.2 Å². The van der Waals surface area contributed by atoms with Gasteiger partial charge in [-0.3, -0.25) is 14.2 Å². The number of nitriles is 1. The van der Waals surface area contributed by atoms with Crippen molar-refractivity contribution in [3.8, 4) is 6.07 Å². The van der Waals surface area contributed by atoms with Gasteiger partial charge in [0.25, 0.3) is 5.56 Å². The molecule has 0 bridgehead atoms. The summed E-state index contributed by atoms with van der Waals surface area (Å²) in [5, 5.41) is 13.3. The third-order valence-corrected chi connectivity index (χ3v) is 9.15. The van der Waals surface area contributed by atoms with Crippen LogP contribution in [-0.2, 0) is 28.9 Å². The maximum absolute atomic E-state index is 13.7. The van der Waals surface area contributed by atoms with E-state index in [2.05, 4.69) is 11.4 Å². The van der Waals surface area contributed by atoms with Gasteiger partial charge in [0.2, 0.25) is 5.91 Å². The van der Waals surface area contributed by atoms with Crippen LogP contribution in [0.1, 0.15) is 63.8 Å². The molecule has 1 fully saturated rings. The molecule has 1 saturated heterocycles. The van der Waals surface area contributed by atoms with Crippen LogP contribution in [0.3, 0.4) is 0 Å². The summed E-state index contributed by atoms with van der Waals surface area (Å²) in [4.78, 5) is 33.6. The molecule has 33 heavy (non-hydrogen) atoms. The number of ether oxygens (including phenoxy) is 1. The lowest BCUT2D eigenvalue weighted by molar-refractivity contribution is -0.121. The smallest absolute Gasteiger partial charge is 0.263 e. The Morgan fingerprint density at radius 1 is 1.36 bits per heavy atom. The summed E-state index contributed by atoms with van der Waals surface area (Å²) in [6, 6.07) is 2.22. The lowest BCUT2D eigenvalue weighted by Crippen LogP contribution is -2.51. The number of fused-ring (bicyclic) bond motifs is 3. The molecule has 1 amide bonds. The summed E-state index contributed by atoms with van der Waals surface area (Å²) in [6.07, 6.45) is 6.08. The van der Waals surface area contributed by atoms with E-state index in [0.29, 0.717) is 18.3 Å². The Morgan fingerprint density at radius 2 is 2.12 bits per heavy atom. The maximum atomic E-state index is 13.7. The third kappa shape index (κ3) is 4.84. The van der Waals surface area contributed by atoms with E-state index in [1.165, 1.54) is 22.2 Å². The average Bonchev–Trinajstić information content (AvgIpc) is 3.43. The molecule has 0 radical (unpaired) electrons. The molecule has 3 unspecified atom stereocenters. The van der Waals surface area contributed by atoms with Crippen LogP contribution < -0.4 is 10.9 Å². The fourth-order valence-corrected chi connectivity index (χ4v) is 6.55. The minimum Gasteiger partial charge on any atom is -0.376 e. The van der Waals surface area contributed by atoms with E-state index in [4.69, 9.17) is 9.72 Å². The zero-order chi connectivity index (χ0) is 23.8. The van der Waals surface area contributed by atoms with Gasteiger partial charge >= 0.3 is 0 Å². The van der Waals surface area contributed by atoms with Crippen molar-refractivity contribution in [2.24, 2.45) is 5.92 Å². The first kappa shape index (κ1) is 24.2. The van der Waals surface area contributed by atoms with E-state index >= 15 is 0 Å². The fraction of sp³-hybridized carbons (Fsp3) is 0.667. The Kier molecular flexibility index (Phi) is 7.18. The number of nitrogens with one attached hydrogen (secondary N) is 1. The molecule has 1 aliphatic carbocycles. The summed E-state index contributed by atoms with van der Waals surface area (Å²) in [5.41, 5.74) is 0.200. The molecule has 2 aromatic heterocycles. The zero-order valence-electron chi connectivity index (χ0n) is 19.8. The van der Waals surface area contributed by atoms with Crippen molar-refractivity contribution in [2.75, 3.05) is 6.61 Å².